The predicted molar refractivity (Wildman–Crippen MR) is 96.1 cm³/mol. The molecule has 0 radical (unpaired) electrons. The number of rotatable bonds is 8. The predicted octanol–water partition coefficient (Wildman–Crippen LogP) is -0.205. The summed E-state index contributed by atoms with van der Waals surface area (Å²) in [6.45, 7) is 1.79. The maximum absolute atomic E-state index is 12.6. The number of hydrogen-bond acceptors (Lipinski definition) is 5. The maximum atomic E-state index is 12.6. The molecule has 0 aromatic carbocycles. The van der Waals surface area contributed by atoms with E-state index in [-0.39, 0.29) is 44.3 Å². The van der Waals surface area contributed by atoms with Crippen molar-refractivity contribution in [2.45, 2.75) is 37.7 Å². The molecule has 0 unspecified atom stereocenters. The fourth-order valence-corrected chi connectivity index (χ4v) is 4.04. The highest BCUT2D eigenvalue weighted by molar-refractivity contribution is 7.90. The molecular weight excluding hydrogens is 411 g/mol. The zero-order valence-corrected chi connectivity index (χ0v) is 16.8. The van der Waals surface area contributed by atoms with E-state index in [4.69, 9.17) is 0 Å². The molecule has 0 aromatic rings. The van der Waals surface area contributed by atoms with Crippen LogP contribution in [0, 0.1) is 0 Å². The molecule has 0 aromatic heterocycles. The molecule has 0 spiro atoms. The molecule has 1 heterocycles. The highest BCUT2D eigenvalue weighted by Gasteiger charge is 2.50. The van der Waals surface area contributed by atoms with Gasteiger partial charge in [-0.25, -0.2) is 21.6 Å². The van der Waals surface area contributed by atoms with Gasteiger partial charge in [0.05, 0.1) is 5.75 Å². The molecule has 160 valence electrons. The Bertz CT molecular complexity index is 702. The monoisotopic (exact) mass is 437 g/mol. The largest absolute Gasteiger partial charge is 0.511 e. The first-order chi connectivity index (χ1) is 12.4. The van der Waals surface area contributed by atoms with Crippen LogP contribution in [0.4, 0.5) is 13.2 Å². The van der Waals surface area contributed by atoms with E-state index in [1.54, 1.807) is 0 Å². The number of piperidine rings is 1. The average molecular weight is 438 g/mol. The Labute approximate surface area is 157 Å². The summed E-state index contributed by atoms with van der Waals surface area (Å²) in [6, 6.07) is -0.213. The molecule has 0 bridgehead atoms. The van der Waals surface area contributed by atoms with E-state index >= 15 is 0 Å². The van der Waals surface area contributed by atoms with E-state index in [9.17, 15) is 30.0 Å². The van der Waals surface area contributed by atoms with E-state index in [2.05, 4.69) is 20.3 Å². The second-order valence-electron chi connectivity index (χ2n) is 5.92. The fraction of sp³-hybridized carbons (Fsp3) is 0.923. The Morgan fingerprint density at radius 1 is 1.15 bits per heavy atom. The van der Waals surface area contributed by atoms with Crippen LogP contribution in [-0.2, 0) is 20.0 Å². The van der Waals surface area contributed by atoms with Gasteiger partial charge in [0.1, 0.15) is 0 Å². The molecule has 0 amide bonds. The van der Waals surface area contributed by atoms with Gasteiger partial charge in [0, 0.05) is 39.3 Å². The third kappa shape index (κ3) is 7.43. The van der Waals surface area contributed by atoms with Crippen LogP contribution in [0.1, 0.15) is 26.2 Å². The van der Waals surface area contributed by atoms with Gasteiger partial charge in [0.2, 0.25) is 10.0 Å². The molecule has 3 N–H and O–H groups in total. The average Bonchev–Trinajstić information content (AvgIpc) is 2.59. The van der Waals surface area contributed by atoms with E-state index in [1.165, 1.54) is 14.0 Å². The third-order valence-electron chi connectivity index (χ3n) is 4.00. The van der Waals surface area contributed by atoms with Crippen molar-refractivity contribution in [2.75, 3.05) is 39.0 Å². The van der Waals surface area contributed by atoms with E-state index in [0.717, 1.165) is 0 Å². The van der Waals surface area contributed by atoms with Crippen LogP contribution in [0.2, 0.25) is 0 Å². The van der Waals surface area contributed by atoms with E-state index < -0.39 is 25.6 Å². The summed E-state index contributed by atoms with van der Waals surface area (Å²) in [7, 11) is -7.00. The Kier molecular flexibility index (Phi) is 8.76. The Balaban J connectivity index is 2.37. The number of aliphatic imine (C=N–C) groups is 1. The first-order valence-electron chi connectivity index (χ1n) is 8.44. The number of halogens is 3. The summed E-state index contributed by atoms with van der Waals surface area (Å²) < 4.78 is 85.9. The molecule has 0 saturated carbocycles. The molecule has 14 heteroatoms. The second-order valence-corrected chi connectivity index (χ2v) is 9.94. The van der Waals surface area contributed by atoms with Crippen molar-refractivity contribution in [3.05, 3.63) is 0 Å². The summed E-state index contributed by atoms with van der Waals surface area (Å²) in [5.74, 6) is 0.428. The molecule has 1 fully saturated rings. The summed E-state index contributed by atoms with van der Waals surface area (Å²) in [4.78, 5) is 4.00. The second kappa shape index (κ2) is 9.89. The van der Waals surface area contributed by atoms with Crippen molar-refractivity contribution in [3.63, 3.8) is 0 Å². The molecule has 27 heavy (non-hydrogen) atoms. The van der Waals surface area contributed by atoms with Gasteiger partial charge in [-0.3, -0.25) is 4.99 Å². The molecule has 1 saturated heterocycles. The van der Waals surface area contributed by atoms with Gasteiger partial charge in [-0.15, -0.1) is 0 Å². The van der Waals surface area contributed by atoms with Crippen molar-refractivity contribution in [2.24, 2.45) is 4.99 Å². The number of sulfonamides is 2. The third-order valence-corrected chi connectivity index (χ3v) is 7.03. The lowest BCUT2D eigenvalue weighted by Crippen LogP contribution is -2.51. The zero-order valence-electron chi connectivity index (χ0n) is 15.2. The molecule has 9 nitrogen and oxygen atoms in total. The Morgan fingerprint density at radius 3 is 2.22 bits per heavy atom. The standard InChI is InChI=1S/C13H26F3N5O4S2/c1-3-26(22,23)19-8-4-7-18-12(17-2)20-11-5-9-21(10-6-11)27(24,25)13(14,15)16/h11,19H,3-10H2,1-2H3,(H2,17,18,20). The van der Waals surface area contributed by atoms with E-state index in [1.807, 2.05) is 0 Å². The number of nitrogens with zero attached hydrogens (tertiary/aromatic N) is 2. The van der Waals surface area contributed by atoms with Gasteiger partial charge in [-0.05, 0) is 26.2 Å². The van der Waals surface area contributed by atoms with Crippen LogP contribution in [0.25, 0.3) is 0 Å². The van der Waals surface area contributed by atoms with Gasteiger partial charge in [0.15, 0.2) is 5.96 Å². The summed E-state index contributed by atoms with van der Waals surface area (Å²) in [5, 5.41) is 6.01. The van der Waals surface area contributed by atoms with Crippen LogP contribution >= 0.6 is 0 Å². The minimum Gasteiger partial charge on any atom is -0.356 e. The van der Waals surface area contributed by atoms with E-state index in [0.29, 0.717) is 23.2 Å². The van der Waals surface area contributed by atoms with Crippen LogP contribution < -0.4 is 15.4 Å². The minimum atomic E-state index is -5.29. The first-order valence-corrected chi connectivity index (χ1v) is 11.5. The summed E-state index contributed by atoms with van der Waals surface area (Å²) >= 11 is 0. The van der Waals surface area contributed by atoms with Crippen molar-refractivity contribution in [1.29, 1.82) is 0 Å². The summed E-state index contributed by atoms with van der Waals surface area (Å²) in [6.07, 6.45) is 0.945. The lowest BCUT2D eigenvalue weighted by molar-refractivity contribution is -0.0494. The van der Waals surface area contributed by atoms with Gasteiger partial charge in [-0.1, -0.05) is 0 Å². The van der Waals surface area contributed by atoms with Crippen molar-refractivity contribution in [1.82, 2.24) is 19.7 Å². The van der Waals surface area contributed by atoms with Crippen molar-refractivity contribution >= 4 is 26.0 Å². The molecule has 0 atom stereocenters. The van der Waals surface area contributed by atoms with Crippen molar-refractivity contribution < 1.29 is 30.0 Å². The van der Waals surface area contributed by atoms with Gasteiger partial charge < -0.3 is 10.6 Å². The highest BCUT2D eigenvalue weighted by Crippen LogP contribution is 2.28. The van der Waals surface area contributed by atoms with Gasteiger partial charge in [-0.2, -0.15) is 17.5 Å². The lowest BCUT2D eigenvalue weighted by atomic mass is 10.1. The zero-order chi connectivity index (χ0) is 20.7. The number of hydrogen-bond donors (Lipinski definition) is 3. The summed E-state index contributed by atoms with van der Waals surface area (Å²) in [5.41, 5.74) is -5.29. The highest BCUT2D eigenvalue weighted by atomic mass is 32.2. The van der Waals surface area contributed by atoms with Crippen LogP contribution in [0.15, 0.2) is 4.99 Å². The Morgan fingerprint density at radius 2 is 1.74 bits per heavy atom. The van der Waals surface area contributed by atoms with Crippen LogP contribution in [0.3, 0.4) is 0 Å². The van der Waals surface area contributed by atoms with Crippen LogP contribution in [0.5, 0.6) is 0 Å². The molecule has 1 rings (SSSR count). The van der Waals surface area contributed by atoms with Gasteiger partial charge in [0.25, 0.3) is 0 Å². The Hall–Kier alpha value is -1.12. The van der Waals surface area contributed by atoms with Crippen molar-refractivity contribution in [3.8, 4) is 0 Å². The molecule has 0 aliphatic carbocycles. The minimum absolute atomic E-state index is 0.00636. The first kappa shape index (κ1) is 23.9. The molecule has 1 aliphatic heterocycles. The lowest BCUT2D eigenvalue weighted by Gasteiger charge is -2.32. The number of alkyl halides is 3. The molecule has 1 aliphatic rings. The SMILES string of the molecule is CCS(=O)(=O)NCCCNC(=NC)NC1CCN(S(=O)(=O)C(F)(F)F)CC1. The fourth-order valence-electron chi connectivity index (χ4n) is 2.40. The number of nitrogens with one attached hydrogen (secondary N) is 3. The van der Waals surface area contributed by atoms with Crippen LogP contribution in [-0.4, -0.2) is 77.6 Å². The molecular formula is C13H26F3N5O4S2. The smallest absolute Gasteiger partial charge is 0.356 e. The maximum Gasteiger partial charge on any atom is 0.511 e. The topological polar surface area (TPSA) is 120 Å². The van der Waals surface area contributed by atoms with Gasteiger partial charge >= 0.3 is 15.5 Å². The quantitative estimate of drug-likeness (QED) is 0.275. The normalized spacial score (nSPS) is 18.5. The number of guanidine groups is 1.